The topological polar surface area (TPSA) is 32.3 Å². The molecular weight excluding hydrogens is 186 g/mol. The minimum Gasteiger partial charge on any atom is -0.389 e. The highest BCUT2D eigenvalue weighted by molar-refractivity contribution is 5.15. The zero-order valence-corrected chi connectivity index (χ0v) is 9.66. The Labute approximate surface area is 92.3 Å². The lowest BCUT2D eigenvalue weighted by molar-refractivity contribution is 0.0517. The summed E-state index contributed by atoms with van der Waals surface area (Å²) in [5.41, 5.74) is 0.681. The summed E-state index contributed by atoms with van der Waals surface area (Å²) in [6.07, 6.45) is 1.73. The summed E-state index contributed by atoms with van der Waals surface area (Å²) in [6.45, 7) is 5.50. The normalized spacial score (nSPS) is 14.9. The molecule has 1 aromatic rings. The van der Waals surface area contributed by atoms with Crippen molar-refractivity contribution in [2.75, 3.05) is 13.1 Å². The number of aliphatic hydroxyl groups is 1. The molecule has 2 nitrogen and oxygen atoms in total. The number of nitrogens with one attached hydrogen (secondary N) is 1. The molecule has 84 valence electrons. The second kappa shape index (κ2) is 5.89. The van der Waals surface area contributed by atoms with Crippen molar-refractivity contribution in [3.63, 3.8) is 0 Å². The van der Waals surface area contributed by atoms with E-state index in [2.05, 4.69) is 17.4 Å². The molecule has 0 aliphatic heterocycles. The Morgan fingerprint density at radius 1 is 1.27 bits per heavy atom. The van der Waals surface area contributed by atoms with Crippen molar-refractivity contribution >= 4 is 0 Å². The molecule has 0 aliphatic rings. The van der Waals surface area contributed by atoms with Crippen LogP contribution in [0.3, 0.4) is 0 Å². The van der Waals surface area contributed by atoms with Crippen LogP contribution in [0.2, 0.25) is 0 Å². The summed E-state index contributed by atoms with van der Waals surface area (Å²) < 4.78 is 0. The maximum Gasteiger partial charge on any atom is 0.0746 e. The number of benzene rings is 1. The Morgan fingerprint density at radius 2 is 1.93 bits per heavy atom. The zero-order valence-electron chi connectivity index (χ0n) is 9.66. The van der Waals surface area contributed by atoms with Crippen LogP contribution in [-0.2, 0) is 6.42 Å². The monoisotopic (exact) mass is 207 g/mol. The number of aryl methyl sites for hydroxylation is 1. The Hall–Kier alpha value is -0.860. The largest absolute Gasteiger partial charge is 0.389 e. The van der Waals surface area contributed by atoms with Crippen LogP contribution in [-0.4, -0.2) is 23.8 Å². The molecular formula is C13H21NO. The van der Waals surface area contributed by atoms with Gasteiger partial charge >= 0.3 is 0 Å². The predicted molar refractivity (Wildman–Crippen MR) is 63.9 cm³/mol. The van der Waals surface area contributed by atoms with E-state index in [0.717, 1.165) is 19.4 Å². The van der Waals surface area contributed by atoms with Crippen LogP contribution in [0, 0.1) is 0 Å². The van der Waals surface area contributed by atoms with Crippen LogP contribution in [0.4, 0.5) is 0 Å². The van der Waals surface area contributed by atoms with E-state index < -0.39 is 5.60 Å². The number of hydrogen-bond donors (Lipinski definition) is 2. The first-order chi connectivity index (χ1) is 7.14. The molecule has 15 heavy (non-hydrogen) atoms. The molecule has 0 saturated carbocycles. The molecule has 1 rings (SSSR count). The molecule has 1 unspecified atom stereocenters. The Balaban J connectivity index is 2.35. The van der Waals surface area contributed by atoms with Crippen molar-refractivity contribution in [1.82, 2.24) is 5.32 Å². The van der Waals surface area contributed by atoms with E-state index >= 15 is 0 Å². The average molecular weight is 207 g/mol. The summed E-state index contributed by atoms with van der Waals surface area (Å²) >= 11 is 0. The third-order valence-electron chi connectivity index (χ3n) is 2.55. The van der Waals surface area contributed by atoms with Gasteiger partial charge in [0.05, 0.1) is 5.60 Å². The van der Waals surface area contributed by atoms with Gasteiger partial charge < -0.3 is 10.4 Å². The lowest BCUT2D eigenvalue weighted by atomic mass is 9.97. The smallest absolute Gasteiger partial charge is 0.0746 e. The number of rotatable bonds is 6. The van der Waals surface area contributed by atoms with Crippen molar-refractivity contribution < 1.29 is 5.11 Å². The van der Waals surface area contributed by atoms with Crippen LogP contribution in [0.25, 0.3) is 0 Å². The molecule has 0 aromatic heterocycles. The van der Waals surface area contributed by atoms with E-state index in [4.69, 9.17) is 0 Å². The van der Waals surface area contributed by atoms with E-state index in [9.17, 15) is 5.11 Å². The molecule has 0 saturated heterocycles. The molecule has 1 aromatic carbocycles. The van der Waals surface area contributed by atoms with Gasteiger partial charge in [-0.15, -0.1) is 0 Å². The highest BCUT2D eigenvalue weighted by Gasteiger charge is 2.18. The SMILES string of the molecule is CCNCC(C)(O)CCc1ccccc1. The van der Waals surface area contributed by atoms with Crippen molar-refractivity contribution in [3.8, 4) is 0 Å². The molecule has 0 spiro atoms. The van der Waals surface area contributed by atoms with E-state index in [1.54, 1.807) is 0 Å². The summed E-state index contributed by atoms with van der Waals surface area (Å²) in [7, 11) is 0. The van der Waals surface area contributed by atoms with Crippen molar-refractivity contribution in [2.45, 2.75) is 32.3 Å². The van der Waals surface area contributed by atoms with Crippen LogP contribution in [0.15, 0.2) is 30.3 Å². The molecule has 0 aliphatic carbocycles. The quantitative estimate of drug-likeness (QED) is 0.747. The van der Waals surface area contributed by atoms with E-state index in [0.29, 0.717) is 6.54 Å². The molecule has 2 heteroatoms. The van der Waals surface area contributed by atoms with Crippen LogP contribution in [0.1, 0.15) is 25.8 Å². The lowest BCUT2D eigenvalue weighted by Gasteiger charge is -2.23. The first-order valence-corrected chi connectivity index (χ1v) is 5.61. The maximum atomic E-state index is 10.0. The highest BCUT2D eigenvalue weighted by Crippen LogP contribution is 2.12. The van der Waals surface area contributed by atoms with Gasteiger partial charge in [0.1, 0.15) is 0 Å². The Kier molecular flexibility index (Phi) is 4.79. The third-order valence-corrected chi connectivity index (χ3v) is 2.55. The number of hydrogen-bond acceptors (Lipinski definition) is 2. The molecule has 0 radical (unpaired) electrons. The Morgan fingerprint density at radius 3 is 2.53 bits per heavy atom. The minimum absolute atomic E-state index is 0.605. The van der Waals surface area contributed by atoms with Gasteiger partial charge in [-0.1, -0.05) is 37.3 Å². The molecule has 1 atom stereocenters. The van der Waals surface area contributed by atoms with Gasteiger partial charge in [0.25, 0.3) is 0 Å². The maximum absolute atomic E-state index is 10.0. The van der Waals surface area contributed by atoms with Gasteiger partial charge in [0.15, 0.2) is 0 Å². The number of likely N-dealkylation sites (N-methyl/N-ethyl adjacent to an activating group) is 1. The summed E-state index contributed by atoms with van der Waals surface area (Å²) in [4.78, 5) is 0. The van der Waals surface area contributed by atoms with E-state index in [1.165, 1.54) is 5.56 Å². The first kappa shape index (κ1) is 12.2. The van der Waals surface area contributed by atoms with Gasteiger partial charge in [0, 0.05) is 6.54 Å². The highest BCUT2D eigenvalue weighted by atomic mass is 16.3. The molecule has 2 N–H and O–H groups in total. The van der Waals surface area contributed by atoms with Crippen LogP contribution >= 0.6 is 0 Å². The average Bonchev–Trinajstić information content (AvgIpc) is 2.25. The summed E-state index contributed by atoms with van der Waals surface area (Å²) in [5.74, 6) is 0. The van der Waals surface area contributed by atoms with E-state index in [-0.39, 0.29) is 0 Å². The first-order valence-electron chi connectivity index (χ1n) is 5.61. The molecule has 0 amide bonds. The lowest BCUT2D eigenvalue weighted by Crippen LogP contribution is -2.38. The van der Waals surface area contributed by atoms with E-state index in [1.807, 2.05) is 32.0 Å². The van der Waals surface area contributed by atoms with Crippen molar-refractivity contribution in [1.29, 1.82) is 0 Å². The summed E-state index contributed by atoms with van der Waals surface area (Å²) in [6, 6.07) is 10.3. The van der Waals surface area contributed by atoms with Gasteiger partial charge in [-0.2, -0.15) is 0 Å². The van der Waals surface area contributed by atoms with Crippen molar-refractivity contribution in [2.24, 2.45) is 0 Å². The van der Waals surface area contributed by atoms with Crippen molar-refractivity contribution in [3.05, 3.63) is 35.9 Å². The van der Waals surface area contributed by atoms with Gasteiger partial charge in [-0.25, -0.2) is 0 Å². The second-order valence-corrected chi connectivity index (χ2v) is 4.26. The fourth-order valence-electron chi connectivity index (χ4n) is 1.54. The van der Waals surface area contributed by atoms with Gasteiger partial charge in [-0.05, 0) is 31.9 Å². The standard InChI is InChI=1S/C13H21NO/c1-3-14-11-13(2,15)10-9-12-7-5-4-6-8-12/h4-8,14-15H,3,9-11H2,1-2H3. The Bertz CT molecular complexity index is 269. The van der Waals surface area contributed by atoms with Crippen LogP contribution < -0.4 is 5.32 Å². The fourth-order valence-corrected chi connectivity index (χ4v) is 1.54. The van der Waals surface area contributed by atoms with Gasteiger partial charge in [0.2, 0.25) is 0 Å². The molecule has 0 fully saturated rings. The molecule has 0 heterocycles. The fraction of sp³-hybridized carbons (Fsp3) is 0.538. The minimum atomic E-state index is -0.605. The second-order valence-electron chi connectivity index (χ2n) is 4.26. The summed E-state index contributed by atoms with van der Waals surface area (Å²) in [5, 5.41) is 13.2. The van der Waals surface area contributed by atoms with Crippen LogP contribution in [0.5, 0.6) is 0 Å². The third kappa shape index (κ3) is 4.96. The predicted octanol–water partition coefficient (Wildman–Crippen LogP) is 1.98. The molecule has 0 bridgehead atoms. The zero-order chi connectivity index (χ0) is 11.1. The van der Waals surface area contributed by atoms with Gasteiger partial charge in [-0.3, -0.25) is 0 Å².